The van der Waals surface area contributed by atoms with Crippen LogP contribution in [-0.4, -0.2) is 27.8 Å². The van der Waals surface area contributed by atoms with Crippen molar-refractivity contribution in [2.75, 3.05) is 12.4 Å². The van der Waals surface area contributed by atoms with Crippen molar-refractivity contribution in [1.82, 2.24) is 14.8 Å². The quantitative estimate of drug-likeness (QED) is 0.444. The molecule has 0 aliphatic rings. The van der Waals surface area contributed by atoms with Crippen LogP contribution in [0.4, 0.5) is 10.1 Å². The van der Waals surface area contributed by atoms with Crippen molar-refractivity contribution in [3.05, 3.63) is 88.9 Å². The minimum absolute atomic E-state index is 0.0138. The Morgan fingerprint density at radius 2 is 1.80 bits per heavy atom. The minimum Gasteiger partial charge on any atom is -0.497 e. The molecule has 0 radical (unpaired) electrons. The van der Waals surface area contributed by atoms with Gasteiger partial charge in [0, 0.05) is 21.8 Å². The van der Waals surface area contributed by atoms with Gasteiger partial charge in [-0.2, -0.15) is 0 Å². The van der Waals surface area contributed by atoms with E-state index in [0.717, 1.165) is 4.47 Å². The number of anilines is 1. The molecule has 3 aromatic carbocycles. The molecular formula is C22H16BrFN4O2. The van der Waals surface area contributed by atoms with Gasteiger partial charge < -0.3 is 10.1 Å². The Morgan fingerprint density at radius 1 is 1.07 bits per heavy atom. The van der Waals surface area contributed by atoms with Gasteiger partial charge in [0.15, 0.2) is 5.82 Å². The maximum absolute atomic E-state index is 13.4. The highest BCUT2D eigenvalue weighted by molar-refractivity contribution is 9.10. The molecule has 1 heterocycles. The van der Waals surface area contributed by atoms with Gasteiger partial charge in [0.1, 0.15) is 11.6 Å². The third kappa shape index (κ3) is 4.23. The molecule has 1 aromatic heterocycles. The van der Waals surface area contributed by atoms with Gasteiger partial charge in [-0.15, -0.1) is 5.10 Å². The number of hydrogen-bond donors (Lipinski definition) is 1. The fraction of sp³-hybridized carbons (Fsp3) is 0.0455. The molecule has 1 amide bonds. The lowest BCUT2D eigenvalue weighted by atomic mass is 10.2. The van der Waals surface area contributed by atoms with Gasteiger partial charge in [0.2, 0.25) is 5.82 Å². The van der Waals surface area contributed by atoms with Crippen LogP contribution in [-0.2, 0) is 0 Å². The summed E-state index contributed by atoms with van der Waals surface area (Å²) >= 11 is 3.41. The van der Waals surface area contributed by atoms with E-state index in [1.807, 2.05) is 24.3 Å². The van der Waals surface area contributed by atoms with Crippen molar-refractivity contribution in [3.63, 3.8) is 0 Å². The molecule has 0 aliphatic carbocycles. The van der Waals surface area contributed by atoms with E-state index in [0.29, 0.717) is 28.5 Å². The number of carbonyl (C=O) groups is 1. The van der Waals surface area contributed by atoms with Crippen LogP contribution in [0.15, 0.2) is 77.3 Å². The topological polar surface area (TPSA) is 69.0 Å². The summed E-state index contributed by atoms with van der Waals surface area (Å²) in [6.45, 7) is 0. The summed E-state index contributed by atoms with van der Waals surface area (Å²) in [5, 5.41) is 7.17. The number of ether oxygens (including phenoxy) is 1. The lowest BCUT2D eigenvalue weighted by Gasteiger charge is -2.06. The van der Waals surface area contributed by atoms with Gasteiger partial charge >= 0.3 is 0 Å². The molecule has 8 heteroatoms. The van der Waals surface area contributed by atoms with Crippen LogP contribution in [0.1, 0.15) is 10.6 Å². The summed E-state index contributed by atoms with van der Waals surface area (Å²) in [5.74, 6) is 0.202. The Bertz CT molecular complexity index is 1130. The first-order valence-electron chi connectivity index (χ1n) is 8.98. The second-order valence-electron chi connectivity index (χ2n) is 6.34. The first-order chi connectivity index (χ1) is 14.5. The number of carbonyl (C=O) groups excluding carboxylic acids is 1. The highest BCUT2D eigenvalue weighted by atomic mass is 79.9. The van der Waals surface area contributed by atoms with Gasteiger partial charge in [0.05, 0.1) is 12.8 Å². The summed E-state index contributed by atoms with van der Waals surface area (Å²) < 4.78 is 21.0. The molecule has 0 spiro atoms. The highest BCUT2D eigenvalue weighted by Gasteiger charge is 2.19. The van der Waals surface area contributed by atoms with Crippen LogP contribution in [0.5, 0.6) is 5.75 Å². The van der Waals surface area contributed by atoms with Gasteiger partial charge in [-0.05, 0) is 60.7 Å². The zero-order valence-electron chi connectivity index (χ0n) is 15.8. The van der Waals surface area contributed by atoms with E-state index >= 15 is 0 Å². The third-order valence-corrected chi connectivity index (χ3v) is 4.84. The summed E-state index contributed by atoms with van der Waals surface area (Å²) in [6.07, 6.45) is 0. The lowest BCUT2D eigenvalue weighted by molar-refractivity contribution is 0.101. The highest BCUT2D eigenvalue weighted by Crippen LogP contribution is 2.24. The van der Waals surface area contributed by atoms with Gasteiger partial charge in [0.25, 0.3) is 5.91 Å². The molecule has 4 aromatic rings. The molecule has 0 unspecified atom stereocenters. The number of amides is 1. The maximum atomic E-state index is 13.4. The first kappa shape index (κ1) is 19.8. The smallest absolute Gasteiger partial charge is 0.295 e. The third-order valence-electron chi connectivity index (χ3n) is 4.31. The summed E-state index contributed by atoms with van der Waals surface area (Å²) in [5.41, 5.74) is 1.90. The van der Waals surface area contributed by atoms with Crippen molar-refractivity contribution < 1.29 is 13.9 Å². The van der Waals surface area contributed by atoms with Crippen molar-refractivity contribution >= 4 is 27.5 Å². The summed E-state index contributed by atoms with van der Waals surface area (Å²) in [6, 6.07) is 20.3. The number of rotatable bonds is 5. The molecule has 4 rings (SSSR count). The summed E-state index contributed by atoms with van der Waals surface area (Å²) in [7, 11) is 1.55. The van der Waals surface area contributed by atoms with E-state index in [-0.39, 0.29) is 11.6 Å². The Balaban J connectivity index is 1.73. The number of nitrogens with one attached hydrogen (secondary N) is 1. The van der Waals surface area contributed by atoms with Crippen molar-refractivity contribution in [3.8, 4) is 22.8 Å². The fourth-order valence-electron chi connectivity index (χ4n) is 2.84. The average molecular weight is 467 g/mol. The molecule has 1 N–H and O–H groups in total. The maximum Gasteiger partial charge on any atom is 0.295 e. The number of aromatic nitrogens is 3. The van der Waals surface area contributed by atoms with Crippen LogP contribution >= 0.6 is 15.9 Å². The zero-order valence-corrected chi connectivity index (χ0v) is 17.4. The molecule has 0 atom stereocenters. The standard InChI is InChI=1S/C22H16BrFN4O2/c1-30-19-4-2-3-17(13-19)25-22(29)20-26-21(14-5-9-16(24)10-6-14)28(27-20)18-11-7-15(23)8-12-18/h2-13H,1H3,(H,25,29). The van der Waals surface area contributed by atoms with Crippen LogP contribution in [0.25, 0.3) is 17.1 Å². The Kier molecular flexibility index (Phi) is 5.58. The molecular weight excluding hydrogens is 451 g/mol. The number of nitrogens with zero attached hydrogens (tertiary/aromatic N) is 3. The molecule has 0 aliphatic heterocycles. The normalized spacial score (nSPS) is 10.6. The Hall–Kier alpha value is -3.52. The Labute approximate surface area is 180 Å². The predicted molar refractivity (Wildman–Crippen MR) is 115 cm³/mol. The molecule has 30 heavy (non-hydrogen) atoms. The van der Waals surface area contributed by atoms with Gasteiger partial charge in [-0.1, -0.05) is 22.0 Å². The van der Waals surface area contributed by atoms with Gasteiger partial charge in [-0.25, -0.2) is 14.1 Å². The van der Waals surface area contributed by atoms with E-state index in [2.05, 4.69) is 31.3 Å². The zero-order chi connectivity index (χ0) is 21.1. The number of methoxy groups -OCH3 is 1. The van der Waals surface area contributed by atoms with Crippen LogP contribution in [0.3, 0.4) is 0 Å². The van der Waals surface area contributed by atoms with Crippen molar-refractivity contribution in [2.45, 2.75) is 0 Å². The van der Waals surface area contributed by atoms with Crippen LogP contribution in [0.2, 0.25) is 0 Å². The second-order valence-corrected chi connectivity index (χ2v) is 7.26. The lowest BCUT2D eigenvalue weighted by Crippen LogP contribution is -2.14. The number of halogens is 2. The van der Waals surface area contributed by atoms with E-state index in [1.54, 1.807) is 48.2 Å². The Morgan fingerprint density at radius 3 is 2.50 bits per heavy atom. The fourth-order valence-corrected chi connectivity index (χ4v) is 3.11. The van der Waals surface area contributed by atoms with E-state index in [1.165, 1.54) is 12.1 Å². The monoisotopic (exact) mass is 466 g/mol. The molecule has 0 bridgehead atoms. The molecule has 0 saturated heterocycles. The molecule has 6 nitrogen and oxygen atoms in total. The largest absolute Gasteiger partial charge is 0.497 e. The van der Waals surface area contributed by atoms with Crippen LogP contribution < -0.4 is 10.1 Å². The summed E-state index contributed by atoms with van der Waals surface area (Å²) in [4.78, 5) is 17.2. The average Bonchev–Trinajstić information content (AvgIpc) is 3.20. The van der Waals surface area contributed by atoms with E-state index in [9.17, 15) is 9.18 Å². The van der Waals surface area contributed by atoms with Crippen LogP contribution in [0, 0.1) is 5.82 Å². The molecule has 0 fully saturated rings. The van der Waals surface area contributed by atoms with E-state index < -0.39 is 5.91 Å². The molecule has 0 saturated carbocycles. The van der Waals surface area contributed by atoms with Crippen molar-refractivity contribution in [1.29, 1.82) is 0 Å². The molecule has 150 valence electrons. The number of benzene rings is 3. The van der Waals surface area contributed by atoms with Gasteiger partial charge in [-0.3, -0.25) is 4.79 Å². The predicted octanol–water partition coefficient (Wildman–Crippen LogP) is 5.10. The van der Waals surface area contributed by atoms with E-state index in [4.69, 9.17) is 4.74 Å². The van der Waals surface area contributed by atoms with Crippen molar-refractivity contribution in [2.24, 2.45) is 0 Å². The SMILES string of the molecule is COc1cccc(NC(=O)c2nc(-c3ccc(F)cc3)n(-c3ccc(Br)cc3)n2)c1. The number of hydrogen-bond acceptors (Lipinski definition) is 4. The minimum atomic E-state index is -0.470. The first-order valence-corrected chi connectivity index (χ1v) is 9.77. The second kappa shape index (κ2) is 8.46.